The predicted molar refractivity (Wildman–Crippen MR) is 112 cm³/mol. The lowest BCUT2D eigenvalue weighted by molar-refractivity contribution is 0.0157. The normalized spacial score (nSPS) is 22.3. The highest BCUT2D eigenvalue weighted by Gasteiger charge is 2.42. The molecule has 1 amide bonds. The van der Waals surface area contributed by atoms with E-state index in [-0.39, 0.29) is 17.1 Å². The lowest BCUT2D eigenvalue weighted by Crippen LogP contribution is -2.52. The topological polar surface area (TPSA) is 43.8 Å². The summed E-state index contributed by atoms with van der Waals surface area (Å²) in [6, 6.07) is 17.7. The number of carbonyl (C=O) groups excluding carboxylic acids is 1. The molecular formula is C24H30N2O2. The number of likely N-dealkylation sites (tertiary alicyclic amines) is 2. The Labute approximate surface area is 167 Å². The van der Waals surface area contributed by atoms with Crippen molar-refractivity contribution in [2.75, 3.05) is 32.7 Å². The van der Waals surface area contributed by atoms with Crippen molar-refractivity contribution in [1.29, 1.82) is 0 Å². The molecule has 28 heavy (non-hydrogen) atoms. The molecule has 148 valence electrons. The molecule has 0 aromatic heterocycles. The third-order valence-corrected chi connectivity index (χ3v) is 6.68. The lowest BCUT2D eigenvalue weighted by Gasteiger charge is -2.50. The molecular weight excluding hydrogens is 348 g/mol. The molecule has 0 saturated carbocycles. The highest BCUT2D eigenvalue weighted by molar-refractivity contribution is 5.96. The van der Waals surface area contributed by atoms with E-state index >= 15 is 0 Å². The molecule has 1 unspecified atom stereocenters. The minimum Gasteiger partial charge on any atom is -0.507 e. The van der Waals surface area contributed by atoms with Crippen molar-refractivity contribution in [3.63, 3.8) is 0 Å². The van der Waals surface area contributed by atoms with Gasteiger partial charge < -0.3 is 14.9 Å². The van der Waals surface area contributed by atoms with E-state index in [0.717, 1.165) is 45.6 Å². The second-order valence-electron chi connectivity index (χ2n) is 8.45. The highest BCUT2D eigenvalue weighted by atomic mass is 16.3. The summed E-state index contributed by atoms with van der Waals surface area (Å²) in [6.07, 6.45) is 3.27. The molecule has 2 aliphatic rings. The molecule has 1 N–H and O–H groups in total. The molecule has 1 atom stereocenters. The summed E-state index contributed by atoms with van der Waals surface area (Å²) in [5.41, 5.74) is 2.14. The Bertz CT molecular complexity index is 812. The van der Waals surface area contributed by atoms with Crippen LogP contribution < -0.4 is 0 Å². The minimum absolute atomic E-state index is 0.0456. The molecule has 2 aromatic rings. The van der Waals surface area contributed by atoms with Gasteiger partial charge in [0.2, 0.25) is 0 Å². The quantitative estimate of drug-likeness (QED) is 0.874. The van der Waals surface area contributed by atoms with Crippen LogP contribution in [0.1, 0.15) is 48.0 Å². The van der Waals surface area contributed by atoms with Crippen LogP contribution in [0.3, 0.4) is 0 Å². The van der Waals surface area contributed by atoms with Crippen LogP contribution in [0, 0.1) is 5.41 Å². The van der Waals surface area contributed by atoms with Gasteiger partial charge in [-0.25, -0.2) is 0 Å². The number of benzene rings is 2. The van der Waals surface area contributed by atoms with Crippen molar-refractivity contribution in [2.24, 2.45) is 5.41 Å². The van der Waals surface area contributed by atoms with Gasteiger partial charge in [-0.15, -0.1) is 0 Å². The number of piperidine rings is 2. The zero-order valence-corrected chi connectivity index (χ0v) is 16.7. The van der Waals surface area contributed by atoms with E-state index in [1.807, 2.05) is 11.0 Å². The largest absolute Gasteiger partial charge is 0.507 e. The molecule has 0 radical (unpaired) electrons. The Hall–Kier alpha value is -2.33. The van der Waals surface area contributed by atoms with Crippen molar-refractivity contribution in [3.05, 3.63) is 65.7 Å². The van der Waals surface area contributed by atoms with E-state index in [9.17, 15) is 9.90 Å². The van der Waals surface area contributed by atoms with Crippen molar-refractivity contribution in [3.8, 4) is 5.75 Å². The maximum absolute atomic E-state index is 12.9. The Morgan fingerprint density at radius 1 is 1.07 bits per heavy atom. The van der Waals surface area contributed by atoms with Crippen molar-refractivity contribution in [1.82, 2.24) is 9.80 Å². The molecule has 0 bridgehead atoms. The average Bonchev–Trinajstić information content (AvgIpc) is 2.74. The fraction of sp³-hybridized carbons (Fsp3) is 0.458. The second-order valence-corrected chi connectivity index (χ2v) is 8.45. The number of hydrogen-bond acceptors (Lipinski definition) is 3. The number of para-hydroxylation sites is 1. The number of nitrogens with zero attached hydrogens (tertiary/aromatic N) is 2. The van der Waals surface area contributed by atoms with Crippen LogP contribution in [0.2, 0.25) is 0 Å². The summed E-state index contributed by atoms with van der Waals surface area (Å²) >= 11 is 0. The number of aromatic hydroxyl groups is 1. The van der Waals surface area contributed by atoms with Gasteiger partial charge in [0.25, 0.3) is 5.91 Å². The fourth-order valence-corrected chi connectivity index (χ4v) is 5.06. The first kappa shape index (κ1) is 19.0. The Morgan fingerprint density at radius 3 is 2.43 bits per heavy atom. The SMILES string of the molecule is CCN1CC(c2ccccc2)CC2(CCN(C(=O)c3ccccc3O)CC2)C1. The highest BCUT2D eigenvalue weighted by Crippen LogP contribution is 2.45. The van der Waals surface area contributed by atoms with Crippen molar-refractivity contribution >= 4 is 5.91 Å². The summed E-state index contributed by atoms with van der Waals surface area (Å²) in [6.45, 7) is 7.12. The zero-order chi connectivity index (χ0) is 19.6. The van der Waals surface area contributed by atoms with Crippen LogP contribution in [-0.2, 0) is 0 Å². The van der Waals surface area contributed by atoms with E-state index in [1.54, 1.807) is 18.2 Å². The third-order valence-electron chi connectivity index (χ3n) is 6.68. The van der Waals surface area contributed by atoms with E-state index in [1.165, 1.54) is 12.0 Å². The van der Waals surface area contributed by atoms with Crippen LogP contribution in [0.5, 0.6) is 5.75 Å². The molecule has 4 nitrogen and oxygen atoms in total. The van der Waals surface area contributed by atoms with Gasteiger partial charge >= 0.3 is 0 Å². The van der Waals surface area contributed by atoms with Gasteiger partial charge in [-0.3, -0.25) is 4.79 Å². The van der Waals surface area contributed by atoms with Crippen LogP contribution >= 0.6 is 0 Å². The Balaban J connectivity index is 1.47. The molecule has 4 rings (SSSR count). The van der Waals surface area contributed by atoms with E-state index in [0.29, 0.717) is 11.5 Å². The number of phenolic OH excluding ortho intramolecular Hbond substituents is 1. The number of amides is 1. The molecule has 2 saturated heterocycles. The van der Waals surface area contributed by atoms with Gasteiger partial charge in [-0.1, -0.05) is 49.4 Å². The maximum Gasteiger partial charge on any atom is 0.257 e. The van der Waals surface area contributed by atoms with Gasteiger partial charge in [-0.05, 0) is 54.8 Å². The van der Waals surface area contributed by atoms with E-state index in [2.05, 4.69) is 42.2 Å². The number of rotatable bonds is 3. The van der Waals surface area contributed by atoms with Crippen LogP contribution in [0.25, 0.3) is 0 Å². The van der Waals surface area contributed by atoms with Gasteiger partial charge in [-0.2, -0.15) is 0 Å². The van der Waals surface area contributed by atoms with Crippen LogP contribution in [0.15, 0.2) is 54.6 Å². The number of hydrogen-bond donors (Lipinski definition) is 1. The standard InChI is InChI=1S/C24H30N2O2/c1-2-25-17-20(19-8-4-3-5-9-19)16-24(18-25)12-14-26(15-13-24)23(28)21-10-6-7-11-22(21)27/h3-11,20,27H,2,12-18H2,1H3. The summed E-state index contributed by atoms with van der Waals surface area (Å²) in [5, 5.41) is 10.0. The minimum atomic E-state index is -0.0456. The zero-order valence-electron chi connectivity index (χ0n) is 16.7. The summed E-state index contributed by atoms with van der Waals surface area (Å²) in [7, 11) is 0. The lowest BCUT2D eigenvalue weighted by atomic mass is 9.68. The predicted octanol–water partition coefficient (Wildman–Crippen LogP) is 4.12. The first-order chi connectivity index (χ1) is 13.6. The molecule has 2 heterocycles. The van der Waals surface area contributed by atoms with Gasteiger partial charge in [0.15, 0.2) is 0 Å². The van der Waals surface area contributed by atoms with Gasteiger partial charge in [0, 0.05) is 26.2 Å². The molecule has 0 aliphatic carbocycles. The van der Waals surface area contributed by atoms with E-state index < -0.39 is 0 Å². The second kappa shape index (κ2) is 7.96. The number of likely N-dealkylation sites (N-methyl/N-ethyl adjacent to an activating group) is 1. The number of carbonyl (C=O) groups is 1. The molecule has 4 heteroatoms. The van der Waals surface area contributed by atoms with Gasteiger partial charge in [0.05, 0.1) is 5.56 Å². The monoisotopic (exact) mass is 378 g/mol. The summed E-state index contributed by atoms with van der Waals surface area (Å²) in [4.78, 5) is 17.4. The van der Waals surface area contributed by atoms with Crippen molar-refractivity contribution < 1.29 is 9.90 Å². The number of phenols is 1. The average molecular weight is 379 g/mol. The third kappa shape index (κ3) is 3.79. The fourth-order valence-electron chi connectivity index (χ4n) is 5.06. The maximum atomic E-state index is 12.9. The molecule has 1 spiro atoms. The first-order valence-corrected chi connectivity index (χ1v) is 10.4. The molecule has 2 aliphatic heterocycles. The summed E-state index contributed by atoms with van der Waals surface area (Å²) < 4.78 is 0. The van der Waals surface area contributed by atoms with E-state index in [4.69, 9.17) is 0 Å². The molecule has 2 fully saturated rings. The van der Waals surface area contributed by atoms with Gasteiger partial charge in [0.1, 0.15) is 5.75 Å². The Kier molecular flexibility index (Phi) is 5.40. The van der Waals surface area contributed by atoms with Crippen LogP contribution in [-0.4, -0.2) is 53.5 Å². The van der Waals surface area contributed by atoms with Crippen LogP contribution in [0.4, 0.5) is 0 Å². The smallest absolute Gasteiger partial charge is 0.257 e. The molecule has 2 aromatic carbocycles. The summed E-state index contributed by atoms with van der Waals surface area (Å²) in [5.74, 6) is 0.595. The Morgan fingerprint density at radius 2 is 1.75 bits per heavy atom. The van der Waals surface area contributed by atoms with Crippen molar-refractivity contribution in [2.45, 2.75) is 32.1 Å². The first-order valence-electron chi connectivity index (χ1n) is 10.4.